The molecule has 0 bridgehead atoms. The fraction of sp³-hybridized carbons (Fsp3) is 0.391. The lowest BCUT2D eigenvalue weighted by Gasteiger charge is -2.23. The van der Waals surface area contributed by atoms with Crippen molar-refractivity contribution in [2.24, 2.45) is 0 Å². The van der Waals surface area contributed by atoms with Crippen LogP contribution in [0.3, 0.4) is 0 Å². The van der Waals surface area contributed by atoms with Gasteiger partial charge in [-0.05, 0) is 56.5 Å². The first-order chi connectivity index (χ1) is 15.1. The molecule has 0 unspecified atom stereocenters. The molecule has 2 aromatic carbocycles. The number of carbonyl (C=O) groups is 2. The summed E-state index contributed by atoms with van der Waals surface area (Å²) in [5.74, 6) is -1.21. The largest absolute Gasteiger partial charge is 0.449 e. The fourth-order valence-corrected chi connectivity index (χ4v) is 4.44. The summed E-state index contributed by atoms with van der Waals surface area (Å²) < 4.78 is 31.7. The second-order valence-electron chi connectivity index (χ2n) is 8.01. The van der Waals surface area contributed by atoms with E-state index in [1.54, 1.807) is 18.2 Å². The van der Waals surface area contributed by atoms with E-state index >= 15 is 0 Å². The Labute approximate surface area is 189 Å². The van der Waals surface area contributed by atoms with E-state index in [1.165, 1.54) is 33.2 Å². The summed E-state index contributed by atoms with van der Waals surface area (Å²) in [5.41, 5.74) is 2.26. The van der Waals surface area contributed by atoms with E-state index in [2.05, 4.69) is 5.32 Å². The van der Waals surface area contributed by atoms with Gasteiger partial charge in [-0.3, -0.25) is 4.79 Å². The van der Waals surface area contributed by atoms with Gasteiger partial charge in [0.2, 0.25) is 10.0 Å². The first kappa shape index (κ1) is 23.7. The molecule has 1 heterocycles. The zero-order chi connectivity index (χ0) is 23.5. The summed E-state index contributed by atoms with van der Waals surface area (Å²) >= 11 is 0. The average Bonchev–Trinajstić information content (AvgIpc) is 3.29. The number of benzene rings is 2. The zero-order valence-electron chi connectivity index (χ0n) is 18.8. The predicted molar refractivity (Wildman–Crippen MR) is 123 cm³/mol. The standard InChI is InChI=1S/C23H29N3O5S/c1-16-9-5-6-10-20(16)24-22(27)17(2)31-23(28)19-15-18(32(29,30)25(3)4)11-12-21(19)26-13-7-8-14-26/h5-6,9-12,15,17H,7-8,13-14H2,1-4H3,(H,24,27)/t17-/m1/s1. The Bertz CT molecular complexity index is 1110. The van der Waals surface area contributed by atoms with Gasteiger partial charge in [-0.25, -0.2) is 17.5 Å². The lowest BCUT2D eigenvalue weighted by Crippen LogP contribution is -2.31. The summed E-state index contributed by atoms with van der Waals surface area (Å²) in [4.78, 5) is 27.7. The molecule has 1 aliphatic heterocycles. The highest BCUT2D eigenvalue weighted by molar-refractivity contribution is 7.89. The van der Waals surface area contributed by atoms with Gasteiger partial charge in [-0.1, -0.05) is 18.2 Å². The minimum atomic E-state index is -3.74. The van der Waals surface area contributed by atoms with Crippen molar-refractivity contribution in [2.45, 2.75) is 37.7 Å². The van der Waals surface area contributed by atoms with E-state index in [0.29, 0.717) is 11.4 Å². The van der Waals surface area contributed by atoms with Crippen molar-refractivity contribution < 1.29 is 22.7 Å². The fourth-order valence-electron chi connectivity index (χ4n) is 3.51. The topological polar surface area (TPSA) is 96.0 Å². The van der Waals surface area contributed by atoms with Crippen LogP contribution in [0.4, 0.5) is 11.4 Å². The number of hydrogen-bond donors (Lipinski definition) is 1. The van der Waals surface area contributed by atoms with Gasteiger partial charge in [0.25, 0.3) is 5.91 Å². The summed E-state index contributed by atoms with van der Waals surface area (Å²) in [7, 11) is -0.875. The molecule has 0 aromatic heterocycles. The number of rotatable bonds is 7. The second-order valence-corrected chi connectivity index (χ2v) is 10.2. The number of esters is 1. The summed E-state index contributed by atoms with van der Waals surface area (Å²) in [6.07, 6.45) is 0.908. The average molecular weight is 460 g/mol. The number of nitrogens with one attached hydrogen (secondary N) is 1. The number of nitrogens with zero attached hydrogens (tertiary/aromatic N) is 2. The van der Waals surface area contributed by atoms with Crippen LogP contribution in [0.15, 0.2) is 47.4 Å². The normalized spacial score (nSPS) is 15.0. The molecule has 172 valence electrons. The Balaban J connectivity index is 1.86. The molecular formula is C23H29N3O5S. The maximum atomic E-state index is 13.1. The molecular weight excluding hydrogens is 430 g/mol. The van der Waals surface area contributed by atoms with Gasteiger partial charge < -0.3 is 15.0 Å². The number of carbonyl (C=O) groups excluding carboxylic acids is 2. The maximum Gasteiger partial charge on any atom is 0.341 e. The number of hydrogen-bond acceptors (Lipinski definition) is 6. The molecule has 1 N–H and O–H groups in total. The van der Waals surface area contributed by atoms with Crippen LogP contribution in [0.2, 0.25) is 0 Å². The van der Waals surface area contributed by atoms with Gasteiger partial charge in [-0.2, -0.15) is 0 Å². The number of amides is 1. The van der Waals surface area contributed by atoms with Crippen LogP contribution in [0.1, 0.15) is 35.7 Å². The van der Waals surface area contributed by atoms with Crippen LogP contribution in [0.5, 0.6) is 0 Å². The van der Waals surface area contributed by atoms with Gasteiger partial charge in [0, 0.05) is 32.9 Å². The number of anilines is 2. The van der Waals surface area contributed by atoms with E-state index < -0.39 is 28.0 Å². The molecule has 1 saturated heterocycles. The third-order valence-corrected chi connectivity index (χ3v) is 7.28. The summed E-state index contributed by atoms with van der Waals surface area (Å²) in [6, 6.07) is 11.8. The van der Waals surface area contributed by atoms with Gasteiger partial charge >= 0.3 is 5.97 Å². The number of para-hydroxylation sites is 1. The van der Waals surface area contributed by atoms with Crippen molar-refractivity contribution in [3.8, 4) is 0 Å². The first-order valence-corrected chi connectivity index (χ1v) is 11.9. The summed E-state index contributed by atoms with van der Waals surface area (Å²) in [5, 5.41) is 2.76. The highest BCUT2D eigenvalue weighted by Crippen LogP contribution is 2.29. The molecule has 1 atom stereocenters. The lowest BCUT2D eigenvalue weighted by molar-refractivity contribution is -0.123. The van der Waals surface area contributed by atoms with Crippen LogP contribution in [0.25, 0.3) is 0 Å². The van der Waals surface area contributed by atoms with E-state index in [-0.39, 0.29) is 10.5 Å². The second kappa shape index (κ2) is 9.70. The maximum absolute atomic E-state index is 13.1. The van der Waals surface area contributed by atoms with Gasteiger partial charge in [0.05, 0.1) is 16.1 Å². The molecule has 1 fully saturated rings. The zero-order valence-corrected chi connectivity index (χ0v) is 19.6. The Morgan fingerprint density at radius 3 is 2.38 bits per heavy atom. The number of sulfonamides is 1. The van der Waals surface area contributed by atoms with Crippen molar-refractivity contribution in [1.29, 1.82) is 0 Å². The Hall–Kier alpha value is -2.91. The van der Waals surface area contributed by atoms with Crippen molar-refractivity contribution >= 4 is 33.3 Å². The van der Waals surface area contributed by atoms with Gasteiger partial charge in [0.1, 0.15) is 0 Å². The molecule has 0 spiro atoms. The number of ether oxygens (including phenoxy) is 1. The lowest BCUT2D eigenvalue weighted by atomic mass is 10.1. The molecule has 8 nitrogen and oxygen atoms in total. The van der Waals surface area contributed by atoms with Gasteiger partial charge in [0.15, 0.2) is 6.10 Å². The monoisotopic (exact) mass is 459 g/mol. The molecule has 1 aliphatic rings. The highest BCUT2D eigenvalue weighted by Gasteiger charge is 2.27. The molecule has 3 rings (SSSR count). The minimum absolute atomic E-state index is 0.00517. The van der Waals surface area contributed by atoms with E-state index in [4.69, 9.17) is 4.74 Å². The Kier molecular flexibility index (Phi) is 7.20. The van der Waals surface area contributed by atoms with E-state index in [9.17, 15) is 18.0 Å². The molecule has 0 saturated carbocycles. The third kappa shape index (κ3) is 5.11. The quantitative estimate of drug-likeness (QED) is 0.640. The molecule has 0 radical (unpaired) electrons. The van der Waals surface area contributed by atoms with E-state index in [1.807, 2.05) is 24.0 Å². The van der Waals surface area contributed by atoms with Crippen LogP contribution in [0, 0.1) is 6.92 Å². The van der Waals surface area contributed by atoms with Gasteiger partial charge in [-0.15, -0.1) is 0 Å². The predicted octanol–water partition coefficient (Wildman–Crippen LogP) is 3.03. The van der Waals surface area contributed by atoms with Crippen LogP contribution in [-0.2, 0) is 19.6 Å². The van der Waals surface area contributed by atoms with Crippen molar-refractivity contribution in [3.05, 3.63) is 53.6 Å². The molecule has 0 aliphatic carbocycles. The smallest absolute Gasteiger partial charge is 0.341 e. The SMILES string of the molecule is Cc1ccccc1NC(=O)[C@@H](C)OC(=O)c1cc(S(=O)(=O)N(C)C)ccc1N1CCCC1. The minimum Gasteiger partial charge on any atom is -0.449 e. The van der Waals surface area contributed by atoms with Crippen molar-refractivity contribution in [1.82, 2.24) is 4.31 Å². The van der Waals surface area contributed by atoms with Crippen LogP contribution in [-0.4, -0.2) is 57.9 Å². The summed E-state index contributed by atoms with van der Waals surface area (Å²) in [6.45, 7) is 4.89. The third-order valence-electron chi connectivity index (χ3n) is 5.47. The Morgan fingerprint density at radius 1 is 1.09 bits per heavy atom. The van der Waals surface area contributed by atoms with Crippen molar-refractivity contribution in [3.63, 3.8) is 0 Å². The molecule has 2 aromatic rings. The number of aryl methyl sites for hydroxylation is 1. The Morgan fingerprint density at radius 2 is 1.75 bits per heavy atom. The van der Waals surface area contributed by atoms with Crippen molar-refractivity contribution in [2.75, 3.05) is 37.4 Å². The molecule has 32 heavy (non-hydrogen) atoms. The molecule has 1 amide bonds. The highest BCUT2D eigenvalue weighted by atomic mass is 32.2. The molecule has 9 heteroatoms. The van der Waals surface area contributed by atoms with Crippen LogP contribution < -0.4 is 10.2 Å². The van der Waals surface area contributed by atoms with Crippen LogP contribution >= 0.6 is 0 Å². The van der Waals surface area contributed by atoms with E-state index in [0.717, 1.165) is 35.8 Å². The first-order valence-electron chi connectivity index (χ1n) is 10.5.